The van der Waals surface area contributed by atoms with Gasteiger partial charge in [0.05, 0.1) is 18.9 Å². The van der Waals surface area contributed by atoms with Gasteiger partial charge in [0.2, 0.25) is 0 Å². The van der Waals surface area contributed by atoms with Crippen molar-refractivity contribution >= 4 is 13.5 Å². The predicted octanol–water partition coefficient (Wildman–Crippen LogP) is 5.26. The van der Waals surface area contributed by atoms with Crippen molar-refractivity contribution in [2.75, 3.05) is 13.2 Å². The molecule has 0 unspecified atom stereocenters. The molecule has 4 nitrogen and oxygen atoms in total. The van der Waals surface area contributed by atoms with Crippen molar-refractivity contribution in [1.29, 1.82) is 0 Å². The van der Waals surface area contributed by atoms with E-state index in [9.17, 15) is 4.57 Å². The van der Waals surface area contributed by atoms with Gasteiger partial charge in [0.25, 0.3) is 0 Å². The molecule has 5 heteroatoms. The highest BCUT2D eigenvalue weighted by Gasteiger charge is 2.23. The summed E-state index contributed by atoms with van der Waals surface area (Å²) in [5, 5.41) is 0. The number of hydrogen-bond acceptors (Lipinski definition) is 3. The van der Waals surface area contributed by atoms with E-state index < -0.39 is 7.75 Å². The molecule has 0 aliphatic heterocycles. The van der Waals surface area contributed by atoms with Crippen LogP contribution in [0.5, 0.6) is 0 Å². The summed E-state index contributed by atoms with van der Waals surface area (Å²) < 4.78 is 27.5. The lowest BCUT2D eigenvalue weighted by Gasteiger charge is -2.15. The molecule has 0 N–H and O–H groups in total. The van der Waals surface area contributed by atoms with Crippen LogP contribution in [-0.2, 0) is 13.6 Å². The Kier molecular flexibility index (Phi) is 7.21. The summed E-state index contributed by atoms with van der Waals surface area (Å²) in [4.78, 5) is 0. The second kappa shape index (κ2) is 8.42. The molecule has 0 heterocycles. The number of allylic oxidation sites excluding steroid dienone is 2. The molecule has 1 aromatic carbocycles. The zero-order valence-corrected chi connectivity index (χ0v) is 15.0. The average Bonchev–Trinajstić information content (AvgIpc) is 2.44. The number of hydrogen-bond donors (Lipinski definition) is 0. The average molecular weight is 323 g/mol. The zero-order chi connectivity index (χ0) is 16.6. The van der Waals surface area contributed by atoms with Crippen LogP contribution in [0.2, 0.25) is 0 Å². The van der Waals surface area contributed by atoms with Crippen molar-refractivity contribution in [3.8, 4) is 0 Å². The molecular formula is C17H26NO3P. The molecule has 0 aromatic heterocycles. The fourth-order valence-electron chi connectivity index (χ4n) is 1.68. The Morgan fingerprint density at radius 3 is 2.14 bits per heavy atom. The summed E-state index contributed by atoms with van der Waals surface area (Å²) in [5.74, 6) is 0. The topological polar surface area (TPSA) is 47.9 Å². The lowest BCUT2D eigenvalue weighted by Crippen LogP contribution is -2.04. The zero-order valence-electron chi connectivity index (χ0n) is 14.1. The van der Waals surface area contributed by atoms with Crippen LogP contribution in [0.1, 0.15) is 40.2 Å². The first-order valence-corrected chi connectivity index (χ1v) is 9.03. The minimum absolute atomic E-state index is 0.00321. The van der Waals surface area contributed by atoms with Crippen molar-refractivity contribution in [3.63, 3.8) is 0 Å². The minimum atomic E-state index is -3.49. The van der Waals surface area contributed by atoms with E-state index in [2.05, 4.69) is 25.5 Å². The first-order chi connectivity index (χ1) is 10.3. The van der Waals surface area contributed by atoms with Crippen molar-refractivity contribution in [1.82, 2.24) is 0 Å². The molecule has 22 heavy (non-hydrogen) atoms. The summed E-state index contributed by atoms with van der Waals surface area (Å²) in [7, 11) is -3.49. The molecule has 122 valence electrons. The number of rotatable bonds is 7. The van der Waals surface area contributed by atoms with Gasteiger partial charge < -0.3 is 0 Å². The van der Waals surface area contributed by atoms with Gasteiger partial charge >= 0.3 is 7.75 Å². The van der Waals surface area contributed by atoms with Gasteiger partial charge in [-0.2, -0.15) is 4.76 Å². The first-order valence-electron chi connectivity index (χ1n) is 7.53. The van der Waals surface area contributed by atoms with E-state index in [1.165, 1.54) is 0 Å². The monoisotopic (exact) mass is 323 g/mol. The smallest absolute Gasteiger partial charge is 0.291 e. The third-order valence-corrected chi connectivity index (χ3v) is 4.25. The highest BCUT2D eigenvalue weighted by molar-refractivity contribution is 7.52. The molecule has 0 atom stereocenters. The minimum Gasteiger partial charge on any atom is -0.291 e. The molecule has 0 saturated carbocycles. The molecule has 0 radical (unpaired) electrons. The van der Waals surface area contributed by atoms with E-state index in [0.29, 0.717) is 5.71 Å². The number of benzene rings is 1. The highest BCUT2D eigenvalue weighted by atomic mass is 31.2. The first kappa shape index (κ1) is 18.8. The van der Waals surface area contributed by atoms with Gasteiger partial charge in [0, 0.05) is 5.56 Å². The van der Waals surface area contributed by atoms with Crippen LogP contribution in [0.15, 0.2) is 47.2 Å². The standard InChI is InChI=1S/C17H26NO3P/c1-6-20-22(19,21-7-2)18-16(13-14-17(3,4)5)15-11-9-8-10-12-15/h8-14H,6-7H2,1-5H3/b14-13+,18-16-. The van der Waals surface area contributed by atoms with E-state index in [1.807, 2.05) is 42.5 Å². The third kappa shape index (κ3) is 6.69. The van der Waals surface area contributed by atoms with Crippen LogP contribution in [0.25, 0.3) is 0 Å². The second-order valence-electron chi connectivity index (χ2n) is 5.85. The van der Waals surface area contributed by atoms with Crippen LogP contribution in [0, 0.1) is 5.41 Å². The number of nitrogens with zero attached hydrogens (tertiary/aromatic N) is 1. The van der Waals surface area contributed by atoms with E-state index in [0.717, 1.165) is 5.56 Å². The van der Waals surface area contributed by atoms with Gasteiger partial charge in [0.15, 0.2) is 0 Å². The van der Waals surface area contributed by atoms with Crippen molar-refractivity contribution < 1.29 is 13.6 Å². The maximum Gasteiger partial charge on any atom is 0.454 e. The Morgan fingerprint density at radius 1 is 1.14 bits per heavy atom. The van der Waals surface area contributed by atoms with Crippen LogP contribution >= 0.6 is 7.75 Å². The Bertz CT molecular complexity index is 549. The molecule has 0 saturated heterocycles. The van der Waals surface area contributed by atoms with Gasteiger partial charge in [-0.05, 0) is 25.3 Å². The summed E-state index contributed by atoms with van der Waals surface area (Å²) in [5.41, 5.74) is 1.47. The summed E-state index contributed by atoms with van der Waals surface area (Å²) in [6.45, 7) is 10.4. The Labute approximate surface area is 133 Å². The quantitative estimate of drug-likeness (QED) is 0.508. The summed E-state index contributed by atoms with van der Waals surface area (Å²) in [6.07, 6.45) is 3.90. The van der Waals surface area contributed by atoms with E-state index in [1.54, 1.807) is 13.8 Å². The van der Waals surface area contributed by atoms with Gasteiger partial charge in [-0.15, -0.1) is 0 Å². The van der Waals surface area contributed by atoms with E-state index in [4.69, 9.17) is 9.05 Å². The molecule has 1 rings (SSSR count). The van der Waals surface area contributed by atoms with E-state index >= 15 is 0 Å². The van der Waals surface area contributed by atoms with Gasteiger partial charge in [-0.25, -0.2) is 4.57 Å². The highest BCUT2D eigenvalue weighted by Crippen LogP contribution is 2.50. The van der Waals surface area contributed by atoms with Gasteiger partial charge in [0.1, 0.15) is 0 Å². The Hall–Kier alpha value is -1.22. The van der Waals surface area contributed by atoms with Crippen molar-refractivity contribution in [2.45, 2.75) is 34.6 Å². The third-order valence-electron chi connectivity index (χ3n) is 2.63. The second-order valence-corrected chi connectivity index (χ2v) is 7.51. The normalized spacial score (nSPS) is 13.8. The Morgan fingerprint density at radius 2 is 1.68 bits per heavy atom. The van der Waals surface area contributed by atoms with Crippen LogP contribution in [0.3, 0.4) is 0 Å². The van der Waals surface area contributed by atoms with Crippen LogP contribution in [-0.4, -0.2) is 18.9 Å². The van der Waals surface area contributed by atoms with Crippen molar-refractivity contribution in [3.05, 3.63) is 48.0 Å². The maximum atomic E-state index is 12.7. The fourth-order valence-corrected chi connectivity index (χ4v) is 2.97. The fraction of sp³-hybridized carbons (Fsp3) is 0.471. The van der Waals surface area contributed by atoms with Crippen molar-refractivity contribution in [2.24, 2.45) is 10.2 Å². The largest absolute Gasteiger partial charge is 0.454 e. The SMILES string of the molecule is CCOP(=O)(/N=C(/C=C/C(C)(C)C)c1ccccc1)OCC. The lowest BCUT2D eigenvalue weighted by molar-refractivity contribution is 0.221. The molecule has 1 aromatic rings. The molecule has 0 bridgehead atoms. The molecule has 0 fully saturated rings. The molecular weight excluding hydrogens is 297 g/mol. The Balaban J connectivity index is 3.27. The van der Waals surface area contributed by atoms with Crippen LogP contribution < -0.4 is 0 Å². The van der Waals surface area contributed by atoms with Gasteiger partial charge in [-0.3, -0.25) is 9.05 Å². The summed E-state index contributed by atoms with van der Waals surface area (Å²) in [6, 6.07) is 9.62. The molecule has 0 aliphatic rings. The predicted molar refractivity (Wildman–Crippen MR) is 92.4 cm³/mol. The lowest BCUT2D eigenvalue weighted by atomic mass is 9.95. The molecule has 0 aliphatic carbocycles. The van der Waals surface area contributed by atoms with Gasteiger partial charge in [-0.1, -0.05) is 57.2 Å². The molecule has 0 amide bonds. The van der Waals surface area contributed by atoms with Crippen LogP contribution in [0.4, 0.5) is 0 Å². The maximum absolute atomic E-state index is 12.7. The van der Waals surface area contributed by atoms with E-state index in [-0.39, 0.29) is 18.6 Å². The molecule has 0 spiro atoms. The summed E-state index contributed by atoms with van der Waals surface area (Å²) >= 11 is 0.